The summed E-state index contributed by atoms with van der Waals surface area (Å²) in [6.07, 6.45) is 3.05. The number of phenols is 1. The number of carbonyl (C=O) groups excluding carboxylic acids is 3. The van der Waals surface area contributed by atoms with E-state index in [4.69, 9.17) is 11.6 Å². The Kier molecular flexibility index (Phi) is 8.48. The minimum Gasteiger partial charge on any atom is -0.508 e. The van der Waals surface area contributed by atoms with E-state index in [1.54, 1.807) is 32.9 Å². The molecular formula is C28H38N2O5. The predicted octanol–water partition coefficient (Wildman–Crippen LogP) is 6.18. The van der Waals surface area contributed by atoms with Crippen molar-refractivity contribution in [3.63, 3.8) is 0 Å². The molecule has 2 N–H and O–H groups in total. The van der Waals surface area contributed by atoms with Gasteiger partial charge < -0.3 is 20.1 Å². The van der Waals surface area contributed by atoms with Gasteiger partial charge in [0.25, 0.3) is 0 Å². The van der Waals surface area contributed by atoms with Crippen LogP contribution < -0.4 is 5.32 Å². The van der Waals surface area contributed by atoms with Gasteiger partial charge in [0, 0.05) is 37.2 Å². The molecule has 0 bridgehead atoms. The van der Waals surface area contributed by atoms with Crippen molar-refractivity contribution in [3.05, 3.63) is 60.0 Å². The van der Waals surface area contributed by atoms with Gasteiger partial charge in [0.15, 0.2) is 5.78 Å². The van der Waals surface area contributed by atoms with E-state index in [1.165, 1.54) is 17.0 Å². The smallest absolute Gasteiger partial charge is 0.410 e. The zero-order valence-electron chi connectivity index (χ0n) is 25.7. The number of nitrogens with zero attached hydrogens (tertiary/aromatic N) is 1. The quantitative estimate of drug-likeness (QED) is 0.200. The summed E-state index contributed by atoms with van der Waals surface area (Å²) in [4.78, 5) is 39.1. The standard InChI is InChI=1S/C28H38N2O5/c1-28(2,3)35-27(34)30(21-19-26(33)29-23-15-17-24(31)18-16-23)20-11-6-4-5-10-14-25(32)22-12-8-7-9-13-22/h7-9,12-13,15-18,31H,4-6,10-11,14,19-21H2,1-3H3,(H,29,33)/i7D,8D,9D,12D,13D. The summed E-state index contributed by atoms with van der Waals surface area (Å²) in [5, 5.41) is 12.1. The third-order valence-corrected chi connectivity index (χ3v) is 5.02. The Balaban J connectivity index is 1.81. The number of phenolic OH excluding ortho intramolecular Hbond substituents is 1. The van der Waals surface area contributed by atoms with Crippen molar-refractivity contribution in [2.45, 2.75) is 71.3 Å². The first-order valence-electron chi connectivity index (χ1n) is 14.4. The van der Waals surface area contributed by atoms with Gasteiger partial charge >= 0.3 is 6.09 Å². The molecule has 35 heavy (non-hydrogen) atoms. The molecule has 0 radical (unpaired) electrons. The fourth-order valence-corrected chi connectivity index (χ4v) is 3.26. The highest BCUT2D eigenvalue weighted by Gasteiger charge is 2.22. The van der Waals surface area contributed by atoms with Crippen LogP contribution in [-0.2, 0) is 9.53 Å². The summed E-state index contributed by atoms with van der Waals surface area (Å²) in [6.45, 7) is 5.87. The van der Waals surface area contributed by atoms with Crippen molar-refractivity contribution < 1.29 is 31.1 Å². The molecule has 190 valence electrons. The van der Waals surface area contributed by atoms with E-state index in [1.807, 2.05) is 0 Å². The molecule has 0 fully saturated rings. The van der Waals surface area contributed by atoms with Crippen LogP contribution in [0.15, 0.2) is 54.5 Å². The van der Waals surface area contributed by atoms with E-state index in [9.17, 15) is 19.5 Å². The molecule has 0 aliphatic rings. The number of ketones is 1. The Hall–Kier alpha value is -3.35. The van der Waals surface area contributed by atoms with Gasteiger partial charge in [0.2, 0.25) is 5.91 Å². The van der Waals surface area contributed by atoms with Crippen LogP contribution in [0.5, 0.6) is 5.75 Å². The number of hydrogen-bond acceptors (Lipinski definition) is 5. The van der Waals surface area contributed by atoms with Crippen LogP contribution in [0.3, 0.4) is 0 Å². The molecule has 0 aliphatic carbocycles. The van der Waals surface area contributed by atoms with Gasteiger partial charge in [-0.2, -0.15) is 0 Å². The van der Waals surface area contributed by atoms with Gasteiger partial charge in [-0.15, -0.1) is 0 Å². The third-order valence-electron chi connectivity index (χ3n) is 5.02. The SMILES string of the molecule is [2H]c1c([2H])c([2H])c(C(=O)CCCCCCCN(CCC(=O)Nc2ccc(O)cc2)C(=O)OC(C)(C)C)c([2H])c1[2H]. The number of aromatic hydroxyl groups is 1. The fraction of sp³-hybridized carbons (Fsp3) is 0.464. The maximum atomic E-state index is 12.7. The number of nitrogens with one attached hydrogen (secondary N) is 1. The summed E-state index contributed by atoms with van der Waals surface area (Å²) < 4.78 is 44.4. The number of benzene rings is 2. The van der Waals surface area contributed by atoms with E-state index in [-0.39, 0.29) is 36.6 Å². The van der Waals surface area contributed by atoms with Crippen LogP contribution in [0.2, 0.25) is 0 Å². The molecule has 7 nitrogen and oxygen atoms in total. The minimum absolute atomic E-state index is 0.0689. The topological polar surface area (TPSA) is 95.9 Å². The van der Waals surface area contributed by atoms with Crippen molar-refractivity contribution in [1.82, 2.24) is 4.90 Å². The number of Topliss-reactive ketones (excluding diaryl/α,β-unsaturated/α-hetero) is 1. The molecule has 0 spiro atoms. The zero-order chi connectivity index (χ0) is 30.0. The summed E-state index contributed by atoms with van der Waals surface area (Å²) in [5.74, 6) is -0.656. The predicted molar refractivity (Wildman–Crippen MR) is 138 cm³/mol. The van der Waals surface area contributed by atoms with Crippen LogP contribution in [0.1, 0.15) is 82.9 Å². The molecule has 2 amide bonds. The fourth-order valence-electron chi connectivity index (χ4n) is 3.26. The minimum atomic E-state index is -0.684. The summed E-state index contributed by atoms with van der Waals surface area (Å²) in [5.41, 5.74) is -0.415. The highest BCUT2D eigenvalue weighted by atomic mass is 16.6. The Bertz CT molecular complexity index is 1170. The lowest BCUT2D eigenvalue weighted by Gasteiger charge is -2.27. The maximum absolute atomic E-state index is 12.7. The second kappa shape index (κ2) is 14.1. The molecule has 0 saturated heterocycles. The number of ether oxygens (including phenoxy) is 1. The van der Waals surface area contributed by atoms with E-state index in [2.05, 4.69) is 5.32 Å². The number of rotatable bonds is 13. The first-order valence-corrected chi connectivity index (χ1v) is 11.9. The molecular weight excluding hydrogens is 444 g/mol. The average molecular weight is 488 g/mol. The van der Waals surface area contributed by atoms with Gasteiger partial charge in [0.05, 0.1) is 6.85 Å². The van der Waals surface area contributed by atoms with Crippen LogP contribution in [0.4, 0.5) is 10.5 Å². The molecule has 0 aromatic heterocycles. The number of carbonyl (C=O) groups is 3. The monoisotopic (exact) mass is 487 g/mol. The van der Waals surface area contributed by atoms with Crippen molar-refractivity contribution in [3.8, 4) is 5.75 Å². The van der Waals surface area contributed by atoms with Gasteiger partial charge in [-0.05, 0) is 57.9 Å². The molecule has 0 saturated carbocycles. The Labute approximate surface area is 215 Å². The first kappa shape index (κ1) is 21.0. The Morgan fingerprint density at radius 3 is 2.20 bits per heavy atom. The Morgan fingerprint density at radius 1 is 0.914 bits per heavy atom. The molecule has 7 heteroatoms. The summed E-state index contributed by atoms with van der Waals surface area (Å²) in [7, 11) is 0. The van der Waals surface area contributed by atoms with Crippen LogP contribution in [-0.4, -0.2) is 46.5 Å². The third kappa shape index (κ3) is 11.6. The van der Waals surface area contributed by atoms with Crippen molar-refractivity contribution in [1.29, 1.82) is 0 Å². The zero-order valence-corrected chi connectivity index (χ0v) is 20.7. The second-order valence-electron chi connectivity index (χ2n) is 9.25. The lowest BCUT2D eigenvalue weighted by molar-refractivity contribution is -0.116. The number of unbranched alkanes of at least 4 members (excludes halogenated alkanes) is 4. The van der Waals surface area contributed by atoms with Gasteiger partial charge in [-0.1, -0.05) is 49.5 Å². The number of hydrogen-bond donors (Lipinski definition) is 2. The summed E-state index contributed by atoms with van der Waals surface area (Å²) >= 11 is 0. The lowest BCUT2D eigenvalue weighted by atomic mass is 10.0. The second-order valence-corrected chi connectivity index (χ2v) is 9.25. The van der Waals surface area contributed by atoms with E-state index in [0.29, 0.717) is 31.5 Å². The van der Waals surface area contributed by atoms with E-state index < -0.39 is 47.7 Å². The number of anilines is 1. The maximum Gasteiger partial charge on any atom is 0.410 e. The first-order chi connectivity index (χ1) is 18.7. The van der Waals surface area contributed by atoms with Crippen molar-refractivity contribution >= 4 is 23.5 Å². The highest BCUT2D eigenvalue weighted by Crippen LogP contribution is 2.15. The van der Waals surface area contributed by atoms with Crippen LogP contribution >= 0.6 is 0 Å². The largest absolute Gasteiger partial charge is 0.508 e. The lowest BCUT2D eigenvalue weighted by Crippen LogP contribution is -2.39. The van der Waals surface area contributed by atoms with E-state index in [0.717, 1.165) is 12.8 Å². The average Bonchev–Trinajstić information content (AvgIpc) is 2.87. The van der Waals surface area contributed by atoms with Crippen molar-refractivity contribution in [2.75, 3.05) is 18.4 Å². The van der Waals surface area contributed by atoms with Crippen LogP contribution in [0.25, 0.3) is 0 Å². The molecule has 0 heterocycles. The molecule has 0 aliphatic heterocycles. The molecule has 0 unspecified atom stereocenters. The van der Waals surface area contributed by atoms with E-state index >= 15 is 0 Å². The highest BCUT2D eigenvalue weighted by molar-refractivity contribution is 5.95. The van der Waals surface area contributed by atoms with Crippen LogP contribution in [0, 0.1) is 0 Å². The van der Waals surface area contributed by atoms with Gasteiger partial charge in [-0.25, -0.2) is 4.79 Å². The number of amides is 2. The molecule has 2 rings (SSSR count). The van der Waals surface area contributed by atoms with Gasteiger partial charge in [-0.3, -0.25) is 9.59 Å². The molecule has 0 atom stereocenters. The molecule has 2 aromatic rings. The normalized spacial score (nSPS) is 13.1. The summed E-state index contributed by atoms with van der Waals surface area (Å²) in [6, 6.07) is 3.58. The van der Waals surface area contributed by atoms with Crippen molar-refractivity contribution in [2.24, 2.45) is 0 Å². The molecule has 2 aromatic carbocycles. The Morgan fingerprint density at radius 2 is 1.54 bits per heavy atom. The van der Waals surface area contributed by atoms with Gasteiger partial charge in [0.1, 0.15) is 11.4 Å².